The van der Waals surface area contributed by atoms with E-state index in [2.05, 4.69) is 77.4 Å². The van der Waals surface area contributed by atoms with Crippen LogP contribution in [0.1, 0.15) is 11.1 Å². The molecule has 0 fully saturated rings. The van der Waals surface area contributed by atoms with Crippen LogP contribution in [0.2, 0.25) is 0 Å². The molecular formula is C27H30N4O2. The lowest BCUT2D eigenvalue weighted by Gasteiger charge is -2.24. The minimum atomic E-state index is -0.404. The van der Waals surface area contributed by atoms with Gasteiger partial charge in [-0.2, -0.15) is 0 Å². The van der Waals surface area contributed by atoms with Crippen molar-refractivity contribution in [1.82, 2.24) is 19.4 Å². The van der Waals surface area contributed by atoms with Crippen molar-refractivity contribution < 1.29 is 0 Å². The summed E-state index contributed by atoms with van der Waals surface area (Å²) in [5.41, 5.74) is 4.39. The molecule has 0 saturated heterocycles. The minimum Gasteiger partial charge on any atom is -0.308 e. The highest BCUT2D eigenvalue weighted by Gasteiger charge is 2.10. The molecule has 1 N–H and O–H groups in total. The Morgan fingerprint density at radius 1 is 0.788 bits per heavy atom. The quantitative estimate of drug-likeness (QED) is 0.454. The number of nitrogens with one attached hydrogen (secondary N) is 1. The first-order valence-corrected chi connectivity index (χ1v) is 11.1. The van der Waals surface area contributed by atoms with E-state index in [0.717, 1.165) is 41.9 Å². The van der Waals surface area contributed by atoms with Crippen LogP contribution in [0.5, 0.6) is 0 Å². The van der Waals surface area contributed by atoms with Crippen LogP contribution < -0.4 is 11.2 Å². The molecule has 0 aliphatic heterocycles. The van der Waals surface area contributed by atoms with Gasteiger partial charge in [0.15, 0.2) is 0 Å². The van der Waals surface area contributed by atoms with Crippen LogP contribution in [-0.2, 0) is 20.1 Å². The highest BCUT2D eigenvalue weighted by Crippen LogP contribution is 2.24. The molecule has 6 nitrogen and oxygen atoms in total. The monoisotopic (exact) mass is 442 g/mol. The van der Waals surface area contributed by atoms with Crippen molar-refractivity contribution in [2.24, 2.45) is 7.05 Å². The summed E-state index contributed by atoms with van der Waals surface area (Å²) in [5.74, 6) is 0. The minimum absolute atomic E-state index is 0.288. The van der Waals surface area contributed by atoms with Crippen LogP contribution in [-0.4, -0.2) is 46.5 Å². The second-order valence-corrected chi connectivity index (χ2v) is 8.75. The first-order valence-electron chi connectivity index (χ1n) is 11.1. The van der Waals surface area contributed by atoms with Gasteiger partial charge in [0.1, 0.15) is 0 Å². The van der Waals surface area contributed by atoms with Gasteiger partial charge in [-0.3, -0.25) is 14.3 Å². The number of H-pyrrole nitrogens is 1. The van der Waals surface area contributed by atoms with Gasteiger partial charge in [-0.15, -0.1) is 0 Å². The number of rotatable bonds is 8. The van der Waals surface area contributed by atoms with E-state index in [9.17, 15) is 9.59 Å². The van der Waals surface area contributed by atoms with Gasteiger partial charge in [0.25, 0.3) is 5.56 Å². The van der Waals surface area contributed by atoms with E-state index < -0.39 is 5.69 Å². The van der Waals surface area contributed by atoms with Gasteiger partial charge in [0, 0.05) is 33.2 Å². The van der Waals surface area contributed by atoms with Gasteiger partial charge in [-0.1, -0.05) is 54.6 Å². The Bertz CT molecular complexity index is 1360. The molecule has 0 spiro atoms. The summed E-state index contributed by atoms with van der Waals surface area (Å²) >= 11 is 0. The van der Waals surface area contributed by atoms with E-state index in [-0.39, 0.29) is 5.56 Å². The molecule has 1 aromatic heterocycles. The third-order valence-corrected chi connectivity index (χ3v) is 5.88. The molecule has 4 rings (SSSR count). The van der Waals surface area contributed by atoms with Gasteiger partial charge in [0.2, 0.25) is 0 Å². The zero-order chi connectivity index (χ0) is 23.4. The largest absolute Gasteiger partial charge is 0.328 e. The number of likely N-dealkylation sites (N-methyl/N-ethyl adjacent to an activating group) is 1. The average Bonchev–Trinajstić information content (AvgIpc) is 2.82. The molecular weight excluding hydrogens is 412 g/mol. The number of benzene rings is 3. The fourth-order valence-electron chi connectivity index (χ4n) is 3.99. The Labute approximate surface area is 193 Å². The summed E-state index contributed by atoms with van der Waals surface area (Å²) in [4.78, 5) is 31.9. The Balaban J connectivity index is 1.62. The van der Waals surface area contributed by atoms with Crippen molar-refractivity contribution >= 4 is 10.9 Å². The van der Waals surface area contributed by atoms with Crippen molar-refractivity contribution in [2.45, 2.75) is 13.1 Å². The molecule has 33 heavy (non-hydrogen) atoms. The summed E-state index contributed by atoms with van der Waals surface area (Å²) in [6.07, 6.45) is 0. The van der Waals surface area contributed by atoms with E-state index in [1.165, 1.54) is 18.2 Å². The van der Waals surface area contributed by atoms with Crippen LogP contribution in [0.4, 0.5) is 0 Å². The topological polar surface area (TPSA) is 61.3 Å². The molecule has 6 heteroatoms. The van der Waals surface area contributed by atoms with Crippen LogP contribution in [0.25, 0.3) is 22.0 Å². The highest BCUT2D eigenvalue weighted by atomic mass is 16.2. The molecule has 0 bridgehead atoms. The van der Waals surface area contributed by atoms with Gasteiger partial charge in [-0.25, -0.2) is 4.79 Å². The van der Waals surface area contributed by atoms with Crippen LogP contribution in [0.15, 0.2) is 82.4 Å². The fourth-order valence-corrected chi connectivity index (χ4v) is 3.99. The summed E-state index contributed by atoms with van der Waals surface area (Å²) in [6.45, 7) is 3.67. The van der Waals surface area contributed by atoms with Crippen LogP contribution in [0.3, 0.4) is 0 Å². The molecule has 3 aromatic carbocycles. The molecule has 0 saturated carbocycles. The molecule has 170 valence electrons. The van der Waals surface area contributed by atoms with E-state index in [4.69, 9.17) is 0 Å². The number of aromatic amines is 1. The molecule has 4 aromatic rings. The van der Waals surface area contributed by atoms with Gasteiger partial charge in [0.05, 0.1) is 10.9 Å². The average molecular weight is 443 g/mol. The molecule has 0 aliphatic rings. The van der Waals surface area contributed by atoms with Gasteiger partial charge in [-0.05, 0) is 54.5 Å². The Morgan fingerprint density at radius 2 is 1.48 bits per heavy atom. The standard InChI is InChI=1S/C27H30N4O2/c1-29(2)14-15-31(18-20-8-5-4-6-9-20)19-21-10-7-11-22(16-21)23-12-13-25-24(17-23)26(32)30(3)27(33)28-25/h4-13,16-17H,14-15,18-19H2,1-3H3,(H,28,33). The molecule has 0 atom stereocenters. The molecule has 0 aliphatic carbocycles. The lowest BCUT2D eigenvalue weighted by atomic mass is 10.0. The normalized spacial score (nSPS) is 11.5. The Hall–Kier alpha value is -3.48. The Kier molecular flexibility index (Phi) is 6.87. The van der Waals surface area contributed by atoms with Crippen LogP contribution >= 0.6 is 0 Å². The van der Waals surface area contributed by atoms with Gasteiger partial charge < -0.3 is 9.88 Å². The molecule has 0 amide bonds. The van der Waals surface area contributed by atoms with Crippen molar-refractivity contribution in [3.63, 3.8) is 0 Å². The van der Waals surface area contributed by atoms with Gasteiger partial charge >= 0.3 is 5.69 Å². The maximum Gasteiger partial charge on any atom is 0.328 e. The number of hydrogen-bond donors (Lipinski definition) is 1. The summed E-state index contributed by atoms with van der Waals surface area (Å²) in [6, 6.07) is 24.6. The maximum atomic E-state index is 12.6. The van der Waals surface area contributed by atoms with E-state index in [0.29, 0.717) is 10.9 Å². The van der Waals surface area contributed by atoms with E-state index in [1.807, 2.05) is 18.2 Å². The van der Waals surface area contributed by atoms with E-state index >= 15 is 0 Å². The number of hydrogen-bond acceptors (Lipinski definition) is 4. The lowest BCUT2D eigenvalue weighted by molar-refractivity contribution is 0.226. The zero-order valence-electron chi connectivity index (χ0n) is 19.4. The molecule has 1 heterocycles. The van der Waals surface area contributed by atoms with Crippen molar-refractivity contribution in [3.05, 3.63) is 105 Å². The predicted molar refractivity (Wildman–Crippen MR) is 134 cm³/mol. The zero-order valence-corrected chi connectivity index (χ0v) is 19.4. The second kappa shape index (κ2) is 9.98. The maximum absolute atomic E-state index is 12.6. The third kappa shape index (κ3) is 5.48. The van der Waals surface area contributed by atoms with Crippen molar-refractivity contribution in [1.29, 1.82) is 0 Å². The molecule has 0 unspecified atom stereocenters. The second-order valence-electron chi connectivity index (χ2n) is 8.75. The summed E-state index contributed by atoms with van der Waals surface area (Å²) in [7, 11) is 5.68. The number of nitrogens with zero attached hydrogens (tertiary/aromatic N) is 3. The first kappa shape index (κ1) is 22.7. The van der Waals surface area contributed by atoms with E-state index in [1.54, 1.807) is 6.07 Å². The smallest absolute Gasteiger partial charge is 0.308 e. The molecule has 0 radical (unpaired) electrons. The van der Waals surface area contributed by atoms with Crippen molar-refractivity contribution in [3.8, 4) is 11.1 Å². The Morgan fingerprint density at radius 3 is 2.24 bits per heavy atom. The summed E-state index contributed by atoms with van der Waals surface area (Å²) in [5, 5.41) is 0.511. The number of aromatic nitrogens is 2. The first-order chi connectivity index (χ1) is 15.9. The fraction of sp³-hybridized carbons (Fsp3) is 0.259. The number of fused-ring (bicyclic) bond motifs is 1. The summed E-state index contributed by atoms with van der Waals surface area (Å²) < 4.78 is 1.11. The third-order valence-electron chi connectivity index (χ3n) is 5.88. The predicted octanol–water partition coefficient (Wildman–Crippen LogP) is 3.46. The lowest BCUT2D eigenvalue weighted by Crippen LogP contribution is -2.32. The van der Waals surface area contributed by atoms with Crippen LogP contribution in [0, 0.1) is 0 Å². The highest BCUT2D eigenvalue weighted by molar-refractivity contribution is 5.83. The van der Waals surface area contributed by atoms with Crippen molar-refractivity contribution in [2.75, 3.05) is 27.2 Å². The SMILES string of the molecule is CN(C)CCN(Cc1ccccc1)Cc1cccc(-c2ccc3[nH]c(=O)n(C)c(=O)c3c2)c1.